The quantitative estimate of drug-likeness (QED) is 0.470. The number of imidazole rings is 1. The molecule has 0 bridgehead atoms. The summed E-state index contributed by atoms with van der Waals surface area (Å²) in [5.41, 5.74) is 4.03. The molecule has 1 aliphatic heterocycles. The lowest BCUT2D eigenvalue weighted by Crippen LogP contribution is -2.04. The standard InChI is InChI=1S/C24H18N4O2/c1-2-4-18-12-19(7-6-17(18)3-1)20-14-27-24-23(25-9-10-28(20)24)26-13-16-5-8-21-22(11-16)30-15-29-21/h1-12,14H,13,15H2,(H,25,26). The molecule has 3 heterocycles. The third-order valence-corrected chi connectivity index (χ3v) is 5.37. The zero-order valence-corrected chi connectivity index (χ0v) is 16.1. The first-order valence-electron chi connectivity index (χ1n) is 9.79. The van der Waals surface area contributed by atoms with Gasteiger partial charge in [0.15, 0.2) is 23.0 Å². The van der Waals surface area contributed by atoms with Crippen LogP contribution in [-0.4, -0.2) is 21.2 Å². The van der Waals surface area contributed by atoms with Gasteiger partial charge in [0.25, 0.3) is 0 Å². The topological polar surface area (TPSA) is 60.7 Å². The second-order valence-corrected chi connectivity index (χ2v) is 7.22. The second-order valence-electron chi connectivity index (χ2n) is 7.22. The molecule has 146 valence electrons. The number of hydrogen-bond donors (Lipinski definition) is 1. The van der Waals surface area contributed by atoms with E-state index in [-0.39, 0.29) is 6.79 Å². The van der Waals surface area contributed by atoms with Crippen LogP contribution in [0.4, 0.5) is 5.82 Å². The van der Waals surface area contributed by atoms with Gasteiger partial charge in [-0.25, -0.2) is 9.97 Å². The average Bonchev–Trinajstić information content (AvgIpc) is 3.44. The summed E-state index contributed by atoms with van der Waals surface area (Å²) in [5.74, 6) is 2.30. The maximum absolute atomic E-state index is 5.46. The van der Waals surface area contributed by atoms with Crippen LogP contribution in [0.5, 0.6) is 11.5 Å². The van der Waals surface area contributed by atoms with Crippen LogP contribution < -0.4 is 14.8 Å². The van der Waals surface area contributed by atoms with E-state index in [0.29, 0.717) is 6.54 Å². The van der Waals surface area contributed by atoms with Crippen LogP contribution in [0.1, 0.15) is 5.56 Å². The fourth-order valence-corrected chi connectivity index (χ4v) is 3.84. The molecule has 0 radical (unpaired) electrons. The summed E-state index contributed by atoms with van der Waals surface area (Å²) in [6, 6.07) is 20.8. The van der Waals surface area contributed by atoms with Gasteiger partial charge in [-0.15, -0.1) is 0 Å². The molecule has 0 saturated heterocycles. The van der Waals surface area contributed by atoms with Crippen molar-refractivity contribution < 1.29 is 9.47 Å². The van der Waals surface area contributed by atoms with Crippen molar-refractivity contribution in [1.82, 2.24) is 14.4 Å². The predicted molar refractivity (Wildman–Crippen MR) is 116 cm³/mol. The van der Waals surface area contributed by atoms with E-state index < -0.39 is 0 Å². The Bertz CT molecular complexity index is 1390. The molecule has 6 rings (SSSR count). The zero-order chi connectivity index (χ0) is 19.9. The maximum Gasteiger partial charge on any atom is 0.231 e. The molecule has 3 aromatic carbocycles. The molecule has 5 aromatic rings. The van der Waals surface area contributed by atoms with E-state index in [1.165, 1.54) is 10.8 Å². The highest BCUT2D eigenvalue weighted by Crippen LogP contribution is 2.33. The third kappa shape index (κ3) is 2.81. The predicted octanol–water partition coefficient (Wildman–Crippen LogP) is 4.89. The summed E-state index contributed by atoms with van der Waals surface area (Å²) in [5, 5.41) is 5.83. The molecule has 0 atom stereocenters. The minimum absolute atomic E-state index is 0.276. The van der Waals surface area contributed by atoms with Crippen molar-refractivity contribution in [2.75, 3.05) is 12.1 Å². The SMILES string of the molecule is c1ccc2cc(-c3cnc4c(NCc5ccc6c(c5)OCO6)nccn34)ccc2c1. The van der Waals surface area contributed by atoms with Crippen molar-refractivity contribution in [3.63, 3.8) is 0 Å². The van der Waals surface area contributed by atoms with E-state index >= 15 is 0 Å². The summed E-state index contributed by atoms with van der Waals surface area (Å²) in [4.78, 5) is 9.14. The largest absolute Gasteiger partial charge is 0.454 e. The van der Waals surface area contributed by atoms with Crippen molar-refractivity contribution in [3.05, 3.63) is 84.8 Å². The zero-order valence-electron chi connectivity index (χ0n) is 16.1. The molecule has 2 aromatic heterocycles. The Labute approximate surface area is 172 Å². The van der Waals surface area contributed by atoms with E-state index in [4.69, 9.17) is 9.47 Å². The molecule has 0 spiro atoms. The number of nitrogens with zero attached hydrogens (tertiary/aromatic N) is 3. The molecular weight excluding hydrogens is 376 g/mol. The molecule has 1 N–H and O–H groups in total. The first kappa shape index (κ1) is 16.9. The fraction of sp³-hybridized carbons (Fsp3) is 0.0833. The Balaban J connectivity index is 1.32. The van der Waals surface area contributed by atoms with Gasteiger partial charge < -0.3 is 14.8 Å². The Morgan fingerprint density at radius 3 is 2.77 bits per heavy atom. The van der Waals surface area contributed by atoms with E-state index in [1.807, 2.05) is 30.6 Å². The van der Waals surface area contributed by atoms with Crippen LogP contribution in [0.25, 0.3) is 27.7 Å². The molecule has 6 nitrogen and oxygen atoms in total. The summed E-state index contributed by atoms with van der Waals surface area (Å²) < 4.78 is 12.9. The first-order chi connectivity index (χ1) is 14.8. The van der Waals surface area contributed by atoms with E-state index in [0.717, 1.165) is 39.8 Å². The summed E-state index contributed by atoms with van der Waals surface area (Å²) in [6.07, 6.45) is 5.63. The van der Waals surface area contributed by atoms with Gasteiger partial charge in [-0.3, -0.25) is 4.40 Å². The van der Waals surface area contributed by atoms with E-state index in [2.05, 4.69) is 62.2 Å². The van der Waals surface area contributed by atoms with E-state index in [9.17, 15) is 0 Å². The molecule has 0 saturated carbocycles. The van der Waals surface area contributed by atoms with Gasteiger partial charge >= 0.3 is 0 Å². The normalized spacial score (nSPS) is 12.5. The molecule has 30 heavy (non-hydrogen) atoms. The fourth-order valence-electron chi connectivity index (χ4n) is 3.84. The van der Waals surface area contributed by atoms with Gasteiger partial charge in [-0.05, 0) is 34.5 Å². The second kappa shape index (κ2) is 6.77. The highest BCUT2D eigenvalue weighted by Gasteiger charge is 2.14. The van der Waals surface area contributed by atoms with E-state index in [1.54, 1.807) is 6.20 Å². The van der Waals surface area contributed by atoms with Crippen LogP contribution in [-0.2, 0) is 6.54 Å². The van der Waals surface area contributed by atoms with Gasteiger partial charge in [0.2, 0.25) is 6.79 Å². The molecule has 0 amide bonds. The van der Waals surface area contributed by atoms with Crippen LogP contribution >= 0.6 is 0 Å². The number of anilines is 1. The lowest BCUT2D eigenvalue weighted by Gasteiger charge is -2.09. The minimum atomic E-state index is 0.276. The lowest BCUT2D eigenvalue weighted by atomic mass is 10.1. The monoisotopic (exact) mass is 394 g/mol. The summed E-state index contributed by atoms with van der Waals surface area (Å²) >= 11 is 0. The number of benzene rings is 3. The van der Waals surface area contributed by atoms with Gasteiger partial charge in [0, 0.05) is 24.5 Å². The molecule has 1 aliphatic rings. The van der Waals surface area contributed by atoms with Gasteiger partial charge in [-0.2, -0.15) is 0 Å². The minimum Gasteiger partial charge on any atom is -0.454 e. The van der Waals surface area contributed by atoms with Crippen molar-refractivity contribution in [2.45, 2.75) is 6.54 Å². The van der Waals surface area contributed by atoms with Gasteiger partial charge in [0.05, 0.1) is 11.9 Å². The highest BCUT2D eigenvalue weighted by atomic mass is 16.7. The number of rotatable bonds is 4. The lowest BCUT2D eigenvalue weighted by molar-refractivity contribution is 0.174. The average molecular weight is 394 g/mol. The smallest absolute Gasteiger partial charge is 0.231 e. The van der Waals surface area contributed by atoms with Crippen LogP contribution in [0, 0.1) is 0 Å². The number of fused-ring (bicyclic) bond motifs is 3. The number of aromatic nitrogens is 3. The van der Waals surface area contributed by atoms with Gasteiger partial charge in [0.1, 0.15) is 0 Å². The van der Waals surface area contributed by atoms with Crippen molar-refractivity contribution in [3.8, 4) is 22.8 Å². The maximum atomic E-state index is 5.46. The highest BCUT2D eigenvalue weighted by molar-refractivity contribution is 5.87. The summed E-state index contributed by atoms with van der Waals surface area (Å²) in [7, 11) is 0. The number of hydrogen-bond acceptors (Lipinski definition) is 5. The Morgan fingerprint density at radius 2 is 1.80 bits per heavy atom. The van der Waals surface area contributed by atoms with Gasteiger partial charge in [-0.1, -0.05) is 42.5 Å². The molecule has 0 aliphatic carbocycles. The van der Waals surface area contributed by atoms with Crippen molar-refractivity contribution >= 4 is 22.2 Å². The Morgan fingerprint density at radius 1 is 0.900 bits per heavy atom. The number of ether oxygens (including phenoxy) is 2. The van der Waals surface area contributed by atoms with Crippen molar-refractivity contribution in [2.24, 2.45) is 0 Å². The Kier molecular flexibility index (Phi) is 3.81. The molecular formula is C24H18N4O2. The van der Waals surface area contributed by atoms with Crippen LogP contribution in [0.3, 0.4) is 0 Å². The molecule has 0 unspecified atom stereocenters. The van der Waals surface area contributed by atoms with Crippen LogP contribution in [0.2, 0.25) is 0 Å². The van der Waals surface area contributed by atoms with Crippen molar-refractivity contribution in [1.29, 1.82) is 0 Å². The molecule has 6 heteroatoms. The van der Waals surface area contributed by atoms with Crippen LogP contribution in [0.15, 0.2) is 79.3 Å². The third-order valence-electron chi connectivity index (χ3n) is 5.37. The first-order valence-corrected chi connectivity index (χ1v) is 9.79. The number of nitrogens with one attached hydrogen (secondary N) is 1. The summed E-state index contributed by atoms with van der Waals surface area (Å²) in [6.45, 7) is 0.889. The Hall–Kier alpha value is -4.06. The molecule has 0 fully saturated rings.